The fraction of sp³-hybridized carbons (Fsp3) is 0.857. The lowest BCUT2D eigenvalue weighted by Gasteiger charge is -2.15. The average molecular weight is 160 g/mol. The van der Waals surface area contributed by atoms with Crippen LogP contribution in [0.4, 0.5) is 4.79 Å². The molecule has 0 aromatic heterocycles. The highest BCUT2D eigenvalue weighted by Crippen LogP contribution is 1.90. The minimum absolute atomic E-state index is 0.277. The summed E-state index contributed by atoms with van der Waals surface area (Å²) in [6, 6.07) is 0. The monoisotopic (exact) mass is 160 g/mol. The van der Waals surface area contributed by atoms with E-state index >= 15 is 0 Å². The summed E-state index contributed by atoms with van der Waals surface area (Å²) in [5, 5.41) is 0. The summed E-state index contributed by atoms with van der Waals surface area (Å²) in [4.78, 5) is 12.4. The van der Waals surface area contributed by atoms with E-state index in [1.54, 1.807) is 14.0 Å². The molecular weight excluding hydrogens is 144 g/mol. The standard InChI is InChI=1S/C7H16N2O2/c1-3-11-7(10)9(2)6-4-5-8/h3-6,8H2,1-2H3. The van der Waals surface area contributed by atoms with Gasteiger partial charge in [0.1, 0.15) is 0 Å². The fourth-order valence-corrected chi connectivity index (χ4v) is 0.653. The van der Waals surface area contributed by atoms with E-state index < -0.39 is 0 Å². The molecule has 0 heterocycles. The number of rotatable bonds is 4. The Morgan fingerprint density at radius 3 is 2.73 bits per heavy atom. The van der Waals surface area contributed by atoms with Crippen molar-refractivity contribution >= 4 is 6.09 Å². The molecule has 0 aromatic carbocycles. The summed E-state index contributed by atoms with van der Waals surface area (Å²) < 4.78 is 4.75. The van der Waals surface area contributed by atoms with E-state index in [4.69, 9.17) is 10.5 Å². The van der Waals surface area contributed by atoms with Crippen molar-refractivity contribution in [3.8, 4) is 0 Å². The van der Waals surface area contributed by atoms with Gasteiger partial charge >= 0.3 is 6.09 Å². The topological polar surface area (TPSA) is 55.6 Å². The van der Waals surface area contributed by atoms with Crippen molar-refractivity contribution in [3.05, 3.63) is 0 Å². The third kappa shape index (κ3) is 4.61. The highest BCUT2D eigenvalue weighted by molar-refractivity contribution is 5.67. The van der Waals surface area contributed by atoms with Crippen LogP contribution in [0.25, 0.3) is 0 Å². The zero-order valence-corrected chi connectivity index (χ0v) is 7.17. The third-order valence-electron chi connectivity index (χ3n) is 1.28. The highest BCUT2D eigenvalue weighted by atomic mass is 16.5. The van der Waals surface area contributed by atoms with Crippen LogP contribution in [-0.4, -0.2) is 37.7 Å². The number of hydrogen-bond donors (Lipinski definition) is 1. The van der Waals surface area contributed by atoms with Crippen molar-refractivity contribution in [2.75, 3.05) is 26.7 Å². The first-order valence-electron chi connectivity index (χ1n) is 3.80. The molecule has 0 atom stereocenters. The number of hydrogen-bond acceptors (Lipinski definition) is 3. The molecule has 0 radical (unpaired) electrons. The second-order valence-corrected chi connectivity index (χ2v) is 2.26. The first kappa shape index (κ1) is 10.2. The maximum Gasteiger partial charge on any atom is 0.409 e. The number of carbonyl (C=O) groups is 1. The van der Waals surface area contributed by atoms with Gasteiger partial charge in [-0.1, -0.05) is 0 Å². The third-order valence-corrected chi connectivity index (χ3v) is 1.28. The van der Waals surface area contributed by atoms with Gasteiger partial charge in [-0.2, -0.15) is 0 Å². The normalized spacial score (nSPS) is 9.36. The minimum Gasteiger partial charge on any atom is -0.450 e. The van der Waals surface area contributed by atoms with Crippen molar-refractivity contribution in [2.24, 2.45) is 5.73 Å². The summed E-state index contributed by atoms with van der Waals surface area (Å²) in [5.74, 6) is 0. The van der Waals surface area contributed by atoms with Crippen LogP contribution in [0.1, 0.15) is 13.3 Å². The quantitative estimate of drug-likeness (QED) is 0.648. The molecule has 0 fully saturated rings. The molecular formula is C7H16N2O2. The molecule has 0 aliphatic heterocycles. The zero-order chi connectivity index (χ0) is 8.69. The predicted octanol–water partition coefficient (Wildman–Crippen LogP) is 0.424. The van der Waals surface area contributed by atoms with E-state index in [0.29, 0.717) is 19.7 Å². The lowest BCUT2D eigenvalue weighted by atomic mass is 10.4. The van der Waals surface area contributed by atoms with E-state index in [0.717, 1.165) is 6.42 Å². The second kappa shape index (κ2) is 5.97. The van der Waals surface area contributed by atoms with Gasteiger partial charge in [-0.05, 0) is 19.9 Å². The molecule has 1 amide bonds. The van der Waals surface area contributed by atoms with Crippen LogP contribution < -0.4 is 5.73 Å². The lowest BCUT2D eigenvalue weighted by Crippen LogP contribution is -2.29. The Labute approximate surface area is 67.3 Å². The van der Waals surface area contributed by atoms with Gasteiger partial charge in [0.05, 0.1) is 6.61 Å². The number of nitrogens with zero attached hydrogens (tertiary/aromatic N) is 1. The molecule has 0 unspecified atom stereocenters. The largest absolute Gasteiger partial charge is 0.450 e. The Bertz CT molecular complexity index is 117. The van der Waals surface area contributed by atoms with E-state index in [2.05, 4.69) is 0 Å². The van der Waals surface area contributed by atoms with Gasteiger partial charge < -0.3 is 15.4 Å². The maximum absolute atomic E-state index is 10.9. The van der Waals surface area contributed by atoms with Gasteiger partial charge in [0.15, 0.2) is 0 Å². The number of carbonyl (C=O) groups excluding carboxylic acids is 1. The predicted molar refractivity (Wildman–Crippen MR) is 43.3 cm³/mol. The SMILES string of the molecule is CCOC(=O)N(C)CCCN. The van der Waals surface area contributed by atoms with Gasteiger partial charge in [-0.15, -0.1) is 0 Å². The highest BCUT2D eigenvalue weighted by Gasteiger charge is 2.06. The molecule has 0 saturated heterocycles. The number of ether oxygens (including phenoxy) is 1. The van der Waals surface area contributed by atoms with Crippen LogP contribution in [0, 0.1) is 0 Å². The Hall–Kier alpha value is -0.770. The average Bonchev–Trinajstić information content (AvgIpc) is 2.00. The smallest absolute Gasteiger partial charge is 0.409 e. The molecule has 4 nitrogen and oxygen atoms in total. The van der Waals surface area contributed by atoms with Crippen molar-refractivity contribution in [1.82, 2.24) is 4.90 Å². The summed E-state index contributed by atoms with van der Waals surface area (Å²) in [5.41, 5.74) is 5.27. The van der Waals surface area contributed by atoms with Crippen LogP contribution in [0.2, 0.25) is 0 Å². The maximum atomic E-state index is 10.9. The van der Waals surface area contributed by atoms with E-state index in [-0.39, 0.29) is 6.09 Å². The van der Waals surface area contributed by atoms with Crippen LogP contribution >= 0.6 is 0 Å². The van der Waals surface area contributed by atoms with Gasteiger partial charge in [0.2, 0.25) is 0 Å². The number of amides is 1. The van der Waals surface area contributed by atoms with Gasteiger partial charge in [0.25, 0.3) is 0 Å². The van der Waals surface area contributed by atoms with Gasteiger partial charge in [-0.25, -0.2) is 4.79 Å². The first-order valence-corrected chi connectivity index (χ1v) is 3.80. The molecule has 11 heavy (non-hydrogen) atoms. The van der Waals surface area contributed by atoms with Crippen LogP contribution in [0.15, 0.2) is 0 Å². The molecule has 0 rings (SSSR count). The van der Waals surface area contributed by atoms with Crippen LogP contribution in [-0.2, 0) is 4.74 Å². The van der Waals surface area contributed by atoms with Crippen molar-refractivity contribution < 1.29 is 9.53 Å². The molecule has 66 valence electrons. The summed E-state index contributed by atoms with van der Waals surface area (Å²) in [6.45, 7) is 3.47. The second-order valence-electron chi connectivity index (χ2n) is 2.26. The molecule has 2 N–H and O–H groups in total. The van der Waals surface area contributed by atoms with Gasteiger partial charge in [0, 0.05) is 13.6 Å². The van der Waals surface area contributed by atoms with Gasteiger partial charge in [-0.3, -0.25) is 0 Å². The Morgan fingerprint density at radius 2 is 2.27 bits per heavy atom. The Balaban J connectivity index is 3.46. The van der Waals surface area contributed by atoms with E-state index in [1.165, 1.54) is 4.90 Å². The summed E-state index contributed by atoms with van der Waals surface area (Å²) in [7, 11) is 1.70. The molecule has 0 aromatic rings. The van der Waals surface area contributed by atoms with E-state index in [9.17, 15) is 4.79 Å². The Kier molecular flexibility index (Phi) is 5.56. The molecule has 0 aliphatic carbocycles. The summed E-state index contributed by atoms with van der Waals surface area (Å²) >= 11 is 0. The van der Waals surface area contributed by atoms with Crippen LogP contribution in [0.3, 0.4) is 0 Å². The zero-order valence-electron chi connectivity index (χ0n) is 7.17. The van der Waals surface area contributed by atoms with Crippen molar-refractivity contribution in [3.63, 3.8) is 0 Å². The molecule has 4 heteroatoms. The van der Waals surface area contributed by atoms with E-state index in [1.807, 2.05) is 0 Å². The Morgan fingerprint density at radius 1 is 1.64 bits per heavy atom. The molecule has 0 aliphatic rings. The molecule has 0 spiro atoms. The lowest BCUT2D eigenvalue weighted by molar-refractivity contribution is 0.116. The summed E-state index contributed by atoms with van der Waals surface area (Å²) in [6.07, 6.45) is 0.538. The fourth-order valence-electron chi connectivity index (χ4n) is 0.653. The molecule has 0 saturated carbocycles. The first-order chi connectivity index (χ1) is 5.22. The number of nitrogens with two attached hydrogens (primary N) is 1. The van der Waals surface area contributed by atoms with Crippen molar-refractivity contribution in [1.29, 1.82) is 0 Å². The molecule has 0 bridgehead atoms. The van der Waals surface area contributed by atoms with Crippen molar-refractivity contribution in [2.45, 2.75) is 13.3 Å². The van der Waals surface area contributed by atoms with Crippen LogP contribution in [0.5, 0.6) is 0 Å². The minimum atomic E-state index is -0.277.